The molecule has 1 atom stereocenters. The van der Waals surface area contributed by atoms with Gasteiger partial charge in [0, 0.05) is 17.2 Å². The Hall–Kier alpha value is -2.04. The number of nitrogens with one attached hydrogen (secondary N) is 1. The van der Waals surface area contributed by atoms with E-state index in [1.54, 1.807) is 13.8 Å². The Labute approximate surface area is 124 Å². The Bertz CT molecular complexity index is 541. The van der Waals surface area contributed by atoms with E-state index in [0.29, 0.717) is 22.6 Å². The number of methoxy groups -OCH3 is 2. The molecule has 1 rings (SSSR count). The molecule has 0 saturated carbocycles. The first-order valence-electron chi connectivity index (χ1n) is 6.83. The lowest BCUT2D eigenvalue weighted by atomic mass is 10.1. The van der Waals surface area contributed by atoms with Gasteiger partial charge in [-0.3, -0.25) is 4.79 Å². The van der Waals surface area contributed by atoms with Crippen LogP contribution in [0.3, 0.4) is 0 Å². The summed E-state index contributed by atoms with van der Waals surface area (Å²) in [6.45, 7) is 5.41. The molecular formula is C16H22FNO3. The van der Waals surface area contributed by atoms with Gasteiger partial charge in [0.2, 0.25) is 5.91 Å². The smallest absolute Gasteiger partial charge is 0.247 e. The molecule has 21 heavy (non-hydrogen) atoms. The van der Waals surface area contributed by atoms with Gasteiger partial charge >= 0.3 is 0 Å². The van der Waals surface area contributed by atoms with Crippen LogP contribution in [0.25, 0.3) is 0 Å². The van der Waals surface area contributed by atoms with Gasteiger partial charge in [0.05, 0.1) is 20.3 Å². The lowest BCUT2D eigenvalue weighted by molar-refractivity contribution is -0.118. The molecule has 0 heterocycles. The zero-order chi connectivity index (χ0) is 16.0. The van der Waals surface area contributed by atoms with Crippen molar-refractivity contribution in [1.29, 1.82) is 0 Å². The summed E-state index contributed by atoms with van der Waals surface area (Å²) in [6, 6.07) is 2.32. The molecular weight excluding hydrogens is 273 g/mol. The average Bonchev–Trinajstić information content (AvgIpc) is 2.46. The Kier molecular flexibility index (Phi) is 6.21. The summed E-state index contributed by atoms with van der Waals surface area (Å²) in [5, 5.41) is 2.77. The first-order valence-corrected chi connectivity index (χ1v) is 6.83. The molecule has 1 aromatic carbocycles. The second-order valence-electron chi connectivity index (χ2n) is 4.72. The second kappa shape index (κ2) is 7.67. The number of ether oxygens (including phenoxy) is 2. The number of amides is 1. The number of allylic oxidation sites excluding steroid dienone is 1. The average molecular weight is 295 g/mol. The van der Waals surface area contributed by atoms with Gasteiger partial charge in [0.1, 0.15) is 5.82 Å². The standard InChI is InChI=1S/C16H22FNO3/c1-6-7-10(2)16(19)18-11(3)12-8-14(20-4)15(21-5)9-13(12)17/h7-9,11H,6H2,1-5H3,(H,18,19)/b10-7+/t11-/m1/s1. The van der Waals surface area contributed by atoms with Gasteiger partial charge < -0.3 is 14.8 Å². The summed E-state index contributed by atoms with van der Waals surface area (Å²) >= 11 is 0. The number of hydrogen-bond donors (Lipinski definition) is 1. The highest BCUT2D eigenvalue weighted by molar-refractivity contribution is 5.93. The monoisotopic (exact) mass is 295 g/mol. The molecule has 0 aromatic heterocycles. The van der Waals surface area contributed by atoms with E-state index in [0.717, 1.165) is 6.42 Å². The fourth-order valence-corrected chi connectivity index (χ4v) is 1.99. The van der Waals surface area contributed by atoms with Crippen LogP contribution in [-0.4, -0.2) is 20.1 Å². The van der Waals surface area contributed by atoms with Crippen molar-refractivity contribution in [2.45, 2.75) is 33.2 Å². The molecule has 1 amide bonds. The van der Waals surface area contributed by atoms with Crippen molar-refractivity contribution in [1.82, 2.24) is 5.32 Å². The van der Waals surface area contributed by atoms with Crippen molar-refractivity contribution in [3.8, 4) is 11.5 Å². The quantitative estimate of drug-likeness (QED) is 0.818. The van der Waals surface area contributed by atoms with Gasteiger partial charge in [-0.1, -0.05) is 13.0 Å². The van der Waals surface area contributed by atoms with E-state index in [4.69, 9.17) is 9.47 Å². The molecule has 1 aromatic rings. The van der Waals surface area contributed by atoms with E-state index in [1.807, 2.05) is 13.0 Å². The summed E-state index contributed by atoms with van der Waals surface area (Å²) in [4.78, 5) is 11.9. The highest BCUT2D eigenvalue weighted by Crippen LogP contribution is 2.32. The minimum Gasteiger partial charge on any atom is -0.493 e. The van der Waals surface area contributed by atoms with E-state index in [-0.39, 0.29) is 5.91 Å². The fourth-order valence-electron chi connectivity index (χ4n) is 1.99. The number of hydrogen-bond acceptors (Lipinski definition) is 3. The van der Waals surface area contributed by atoms with Gasteiger partial charge in [-0.15, -0.1) is 0 Å². The van der Waals surface area contributed by atoms with Gasteiger partial charge in [-0.25, -0.2) is 4.39 Å². The maximum Gasteiger partial charge on any atom is 0.247 e. The van der Waals surface area contributed by atoms with Crippen LogP contribution in [0.2, 0.25) is 0 Å². The highest BCUT2D eigenvalue weighted by Gasteiger charge is 2.18. The summed E-state index contributed by atoms with van der Waals surface area (Å²) in [5.41, 5.74) is 0.968. The van der Waals surface area contributed by atoms with Gasteiger partial charge in [0.25, 0.3) is 0 Å². The van der Waals surface area contributed by atoms with Crippen molar-refractivity contribution >= 4 is 5.91 Å². The Morgan fingerprint density at radius 3 is 2.43 bits per heavy atom. The van der Waals surface area contributed by atoms with Crippen LogP contribution in [0.1, 0.15) is 38.8 Å². The van der Waals surface area contributed by atoms with Gasteiger partial charge in [-0.05, 0) is 26.3 Å². The minimum atomic E-state index is -0.475. The van der Waals surface area contributed by atoms with Crippen molar-refractivity contribution < 1.29 is 18.7 Å². The molecule has 0 aliphatic heterocycles. The predicted molar refractivity (Wildman–Crippen MR) is 80.1 cm³/mol. The number of carbonyl (C=O) groups is 1. The summed E-state index contributed by atoms with van der Waals surface area (Å²) in [7, 11) is 2.93. The third-order valence-electron chi connectivity index (χ3n) is 3.19. The molecule has 0 aliphatic rings. The molecule has 1 N–H and O–H groups in total. The number of carbonyl (C=O) groups excluding carboxylic acids is 1. The van der Waals surface area contributed by atoms with Crippen LogP contribution in [-0.2, 0) is 4.79 Å². The molecule has 0 saturated heterocycles. The van der Waals surface area contributed by atoms with Crippen LogP contribution in [0.4, 0.5) is 4.39 Å². The second-order valence-corrected chi connectivity index (χ2v) is 4.72. The largest absolute Gasteiger partial charge is 0.493 e. The van der Waals surface area contributed by atoms with Crippen molar-refractivity contribution in [3.05, 3.63) is 35.2 Å². The lowest BCUT2D eigenvalue weighted by Gasteiger charge is -2.17. The number of benzene rings is 1. The third kappa shape index (κ3) is 4.21. The topological polar surface area (TPSA) is 47.6 Å². The molecule has 116 valence electrons. The Balaban J connectivity index is 3.00. The van der Waals surface area contributed by atoms with E-state index in [2.05, 4.69) is 5.32 Å². The van der Waals surface area contributed by atoms with Crippen molar-refractivity contribution in [2.24, 2.45) is 0 Å². The van der Waals surface area contributed by atoms with E-state index in [9.17, 15) is 9.18 Å². The third-order valence-corrected chi connectivity index (χ3v) is 3.19. The molecule has 0 bridgehead atoms. The Morgan fingerprint density at radius 2 is 1.90 bits per heavy atom. The van der Waals surface area contributed by atoms with Gasteiger partial charge in [-0.2, -0.15) is 0 Å². The van der Waals surface area contributed by atoms with Crippen LogP contribution >= 0.6 is 0 Å². The Morgan fingerprint density at radius 1 is 1.33 bits per heavy atom. The lowest BCUT2D eigenvalue weighted by Crippen LogP contribution is -2.27. The van der Waals surface area contributed by atoms with Crippen LogP contribution < -0.4 is 14.8 Å². The number of rotatable bonds is 6. The van der Waals surface area contributed by atoms with Crippen molar-refractivity contribution in [2.75, 3.05) is 14.2 Å². The predicted octanol–water partition coefficient (Wildman–Crippen LogP) is 3.38. The molecule has 0 unspecified atom stereocenters. The summed E-state index contributed by atoms with van der Waals surface area (Å²) in [6.07, 6.45) is 2.60. The van der Waals surface area contributed by atoms with Crippen LogP contribution in [0.15, 0.2) is 23.8 Å². The van der Waals surface area contributed by atoms with Crippen LogP contribution in [0, 0.1) is 5.82 Å². The zero-order valence-electron chi connectivity index (χ0n) is 13.1. The zero-order valence-corrected chi connectivity index (χ0v) is 13.1. The molecule has 0 aliphatic carbocycles. The maximum atomic E-state index is 14.1. The molecule has 5 heteroatoms. The first kappa shape index (κ1) is 17.0. The highest BCUT2D eigenvalue weighted by atomic mass is 19.1. The molecule has 4 nitrogen and oxygen atoms in total. The molecule has 0 fully saturated rings. The minimum absolute atomic E-state index is 0.210. The van der Waals surface area contributed by atoms with Crippen molar-refractivity contribution in [3.63, 3.8) is 0 Å². The fraction of sp³-hybridized carbons (Fsp3) is 0.438. The van der Waals surface area contributed by atoms with E-state index >= 15 is 0 Å². The van der Waals surface area contributed by atoms with E-state index in [1.165, 1.54) is 26.4 Å². The first-order chi connectivity index (χ1) is 9.94. The molecule has 0 radical (unpaired) electrons. The summed E-state index contributed by atoms with van der Waals surface area (Å²) < 4.78 is 24.3. The summed E-state index contributed by atoms with van der Waals surface area (Å²) in [5.74, 6) is 0.0891. The van der Waals surface area contributed by atoms with E-state index < -0.39 is 11.9 Å². The maximum absolute atomic E-state index is 14.1. The van der Waals surface area contributed by atoms with Crippen LogP contribution in [0.5, 0.6) is 11.5 Å². The molecule has 0 spiro atoms. The van der Waals surface area contributed by atoms with Gasteiger partial charge in [0.15, 0.2) is 11.5 Å². The SMILES string of the molecule is CC/C=C(\C)C(=O)N[C@H](C)c1cc(OC)c(OC)cc1F. The normalized spacial score (nSPS) is 12.8. The number of halogens is 1.